The molecule has 0 unspecified atom stereocenters. The number of ether oxygens (including phenoxy) is 1. The van der Waals surface area contributed by atoms with Crippen LogP contribution in [0.4, 0.5) is 5.69 Å². The summed E-state index contributed by atoms with van der Waals surface area (Å²) >= 11 is 0. The third-order valence-corrected chi connectivity index (χ3v) is 5.49. The van der Waals surface area contributed by atoms with Crippen molar-refractivity contribution in [1.29, 1.82) is 0 Å². The van der Waals surface area contributed by atoms with Crippen molar-refractivity contribution in [3.05, 3.63) is 24.3 Å². The highest BCUT2D eigenvalue weighted by Crippen LogP contribution is 2.26. The summed E-state index contributed by atoms with van der Waals surface area (Å²) in [5.41, 5.74) is 0.853. The molecule has 2 N–H and O–H groups in total. The Bertz CT molecular complexity index is 550. The molecule has 5 nitrogen and oxygen atoms in total. The topological polar surface area (TPSA) is 53.6 Å². The van der Waals surface area contributed by atoms with Crippen molar-refractivity contribution in [2.24, 2.45) is 5.92 Å². The zero-order chi connectivity index (χ0) is 17.5. The number of amides is 1. The molecular formula is C20H31N3O2. The Morgan fingerprint density at radius 2 is 1.88 bits per heavy atom. The number of rotatable bonds is 7. The Labute approximate surface area is 151 Å². The Balaban J connectivity index is 1.36. The molecule has 1 saturated carbocycles. The molecule has 0 spiro atoms. The summed E-state index contributed by atoms with van der Waals surface area (Å²) in [6.07, 6.45) is 7.77. The fraction of sp³-hybridized carbons (Fsp3) is 0.650. The number of para-hydroxylation sites is 2. The first kappa shape index (κ1) is 18.1. The molecule has 5 heteroatoms. The van der Waals surface area contributed by atoms with E-state index in [2.05, 4.69) is 15.5 Å². The van der Waals surface area contributed by atoms with Gasteiger partial charge in [-0.15, -0.1) is 0 Å². The van der Waals surface area contributed by atoms with Gasteiger partial charge in [-0.1, -0.05) is 25.0 Å². The number of hydrogen-bond acceptors (Lipinski definition) is 4. The van der Waals surface area contributed by atoms with Gasteiger partial charge < -0.3 is 20.3 Å². The molecule has 1 heterocycles. The molecule has 1 aliphatic carbocycles. The van der Waals surface area contributed by atoms with E-state index in [1.165, 1.54) is 32.2 Å². The lowest BCUT2D eigenvalue weighted by Gasteiger charge is -2.33. The van der Waals surface area contributed by atoms with Crippen LogP contribution in [0.1, 0.15) is 38.5 Å². The summed E-state index contributed by atoms with van der Waals surface area (Å²) in [5.74, 6) is 1.73. The van der Waals surface area contributed by atoms with Gasteiger partial charge in [-0.25, -0.2) is 0 Å². The molecule has 0 atom stereocenters. The summed E-state index contributed by atoms with van der Waals surface area (Å²) in [6, 6.07) is 7.98. The number of benzene rings is 1. The van der Waals surface area contributed by atoms with Crippen LogP contribution in [-0.4, -0.2) is 50.1 Å². The first-order valence-corrected chi connectivity index (χ1v) is 9.63. The van der Waals surface area contributed by atoms with Gasteiger partial charge in [0.2, 0.25) is 5.91 Å². The maximum absolute atomic E-state index is 12.2. The van der Waals surface area contributed by atoms with Gasteiger partial charge in [-0.05, 0) is 43.7 Å². The molecule has 2 fully saturated rings. The molecule has 1 aromatic carbocycles. The normalized spacial score (nSPS) is 19.7. The Kier molecular flexibility index (Phi) is 6.56. The van der Waals surface area contributed by atoms with Crippen molar-refractivity contribution in [3.63, 3.8) is 0 Å². The van der Waals surface area contributed by atoms with Crippen molar-refractivity contribution >= 4 is 11.6 Å². The van der Waals surface area contributed by atoms with Gasteiger partial charge in [0.25, 0.3) is 0 Å². The molecule has 0 radical (unpaired) electrons. The van der Waals surface area contributed by atoms with Crippen LogP contribution in [0.5, 0.6) is 5.75 Å². The van der Waals surface area contributed by atoms with Gasteiger partial charge in [0, 0.05) is 25.7 Å². The highest BCUT2D eigenvalue weighted by Gasteiger charge is 2.24. The van der Waals surface area contributed by atoms with E-state index in [0.29, 0.717) is 6.04 Å². The van der Waals surface area contributed by atoms with Crippen molar-refractivity contribution in [3.8, 4) is 5.75 Å². The molecule has 2 aliphatic rings. The van der Waals surface area contributed by atoms with Crippen molar-refractivity contribution < 1.29 is 9.53 Å². The van der Waals surface area contributed by atoms with Crippen molar-refractivity contribution in [1.82, 2.24) is 10.2 Å². The number of hydrogen-bond donors (Lipinski definition) is 2. The number of anilines is 1. The second-order valence-corrected chi connectivity index (χ2v) is 7.35. The lowest BCUT2D eigenvalue weighted by molar-refractivity contribution is -0.120. The molecule has 138 valence electrons. The lowest BCUT2D eigenvalue weighted by Crippen LogP contribution is -2.46. The summed E-state index contributed by atoms with van der Waals surface area (Å²) in [4.78, 5) is 14.8. The number of nitrogens with zero attached hydrogens (tertiary/aromatic N) is 1. The minimum atomic E-state index is 0.0557. The molecular weight excluding hydrogens is 314 g/mol. The molecule has 25 heavy (non-hydrogen) atoms. The second kappa shape index (κ2) is 9.09. The summed E-state index contributed by atoms with van der Waals surface area (Å²) < 4.78 is 5.29. The molecule has 3 rings (SSSR count). The van der Waals surface area contributed by atoms with Gasteiger partial charge in [0.05, 0.1) is 19.3 Å². The van der Waals surface area contributed by atoms with Crippen LogP contribution in [0.3, 0.4) is 0 Å². The van der Waals surface area contributed by atoms with E-state index in [1.807, 2.05) is 24.3 Å². The quantitative estimate of drug-likeness (QED) is 0.798. The Morgan fingerprint density at radius 3 is 2.60 bits per heavy atom. The average molecular weight is 345 g/mol. The van der Waals surface area contributed by atoms with Gasteiger partial charge in [-0.2, -0.15) is 0 Å². The molecule has 1 aliphatic heterocycles. The second-order valence-electron chi connectivity index (χ2n) is 7.35. The maximum atomic E-state index is 12.2. The van der Waals surface area contributed by atoms with E-state index in [0.717, 1.165) is 43.3 Å². The molecule has 1 amide bonds. The van der Waals surface area contributed by atoms with Gasteiger partial charge >= 0.3 is 0 Å². The van der Waals surface area contributed by atoms with Crippen LogP contribution in [0.25, 0.3) is 0 Å². The monoisotopic (exact) mass is 345 g/mol. The van der Waals surface area contributed by atoms with E-state index < -0.39 is 0 Å². The number of piperidine rings is 1. The standard InChI is InChI=1S/C20H31N3O2/c1-25-19-9-5-4-8-18(19)21-14-20(24)22-17-10-12-23(13-11-17)15-16-6-2-3-7-16/h4-5,8-9,16-17,21H,2-3,6-7,10-15H2,1H3,(H,22,24). The molecule has 0 bridgehead atoms. The van der Waals surface area contributed by atoms with Crippen LogP contribution >= 0.6 is 0 Å². The van der Waals surface area contributed by atoms with E-state index in [9.17, 15) is 4.79 Å². The largest absolute Gasteiger partial charge is 0.495 e. The van der Waals surface area contributed by atoms with Gasteiger partial charge in [0.1, 0.15) is 5.75 Å². The average Bonchev–Trinajstić information content (AvgIpc) is 3.15. The summed E-state index contributed by atoms with van der Waals surface area (Å²) in [5, 5.41) is 6.33. The predicted octanol–water partition coefficient (Wildman–Crippen LogP) is 2.88. The highest BCUT2D eigenvalue weighted by molar-refractivity contribution is 5.81. The molecule has 0 aromatic heterocycles. The number of likely N-dealkylation sites (tertiary alicyclic amines) is 1. The third kappa shape index (κ3) is 5.36. The fourth-order valence-electron chi connectivity index (χ4n) is 4.06. The van der Waals surface area contributed by atoms with Crippen LogP contribution in [0.15, 0.2) is 24.3 Å². The van der Waals surface area contributed by atoms with E-state index >= 15 is 0 Å². The van der Waals surface area contributed by atoms with E-state index in [1.54, 1.807) is 7.11 Å². The first-order chi connectivity index (χ1) is 12.2. The van der Waals surface area contributed by atoms with Crippen LogP contribution < -0.4 is 15.4 Å². The van der Waals surface area contributed by atoms with Crippen LogP contribution in [-0.2, 0) is 4.79 Å². The predicted molar refractivity (Wildman–Crippen MR) is 101 cm³/mol. The zero-order valence-corrected chi connectivity index (χ0v) is 15.3. The summed E-state index contributed by atoms with van der Waals surface area (Å²) in [7, 11) is 1.64. The fourth-order valence-corrected chi connectivity index (χ4v) is 4.06. The van der Waals surface area contributed by atoms with E-state index in [4.69, 9.17) is 4.74 Å². The van der Waals surface area contributed by atoms with Crippen molar-refractivity contribution in [2.45, 2.75) is 44.6 Å². The maximum Gasteiger partial charge on any atom is 0.239 e. The molecule has 1 saturated heterocycles. The third-order valence-electron chi connectivity index (χ3n) is 5.49. The number of nitrogens with one attached hydrogen (secondary N) is 2. The smallest absolute Gasteiger partial charge is 0.239 e. The van der Waals surface area contributed by atoms with E-state index in [-0.39, 0.29) is 12.5 Å². The lowest BCUT2D eigenvalue weighted by atomic mass is 10.0. The van der Waals surface area contributed by atoms with Crippen molar-refractivity contribution in [2.75, 3.05) is 38.6 Å². The number of carbonyl (C=O) groups is 1. The Morgan fingerprint density at radius 1 is 1.16 bits per heavy atom. The summed E-state index contributed by atoms with van der Waals surface area (Å²) in [6.45, 7) is 3.77. The van der Waals surface area contributed by atoms with Gasteiger partial charge in [-0.3, -0.25) is 4.79 Å². The Hall–Kier alpha value is -1.75. The first-order valence-electron chi connectivity index (χ1n) is 9.63. The number of carbonyl (C=O) groups excluding carboxylic acids is 1. The highest BCUT2D eigenvalue weighted by atomic mass is 16.5. The minimum absolute atomic E-state index is 0.0557. The minimum Gasteiger partial charge on any atom is -0.495 e. The number of methoxy groups -OCH3 is 1. The van der Waals surface area contributed by atoms with Crippen LogP contribution in [0, 0.1) is 5.92 Å². The van der Waals surface area contributed by atoms with Crippen LogP contribution in [0.2, 0.25) is 0 Å². The zero-order valence-electron chi connectivity index (χ0n) is 15.3. The SMILES string of the molecule is COc1ccccc1NCC(=O)NC1CCN(CC2CCCC2)CC1. The van der Waals surface area contributed by atoms with Gasteiger partial charge in [0.15, 0.2) is 0 Å². The molecule has 1 aromatic rings.